The lowest BCUT2D eigenvalue weighted by Crippen LogP contribution is -2.41. The van der Waals surface area contributed by atoms with Crippen molar-refractivity contribution in [3.8, 4) is 0 Å². The molecular formula is C31H27NO3. The number of hydrogen-bond donors (Lipinski definition) is 1. The summed E-state index contributed by atoms with van der Waals surface area (Å²) in [5, 5.41) is 13.9. The molecular weight excluding hydrogens is 434 g/mol. The highest BCUT2D eigenvalue weighted by molar-refractivity contribution is 6.11. The van der Waals surface area contributed by atoms with Crippen LogP contribution in [0, 0.1) is 0 Å². The van der Waals surface area contributed by atoms with Gasteiger partial charge in [-0.2, -0.15) is 0 Å². The van der Waals surface area contributed by atoms with Gasteiger partial charge in [-0.3, -0.25) is 9.59 Å². The predicted octanol–water partition coefficient (Wildman–Crippen LogP) is 5.73. The molecule has 4 nitrogen and oxygen atoms in total. The molecule has 0 aromatic heterocycles. The van der Waals surface area contributed by atoms with Gasteiger partial charge in [-0.15, -0.1) is 0 Å². The Kier molecular flexibility index (Phi) is 5.27. The first-order chi connectivity index (χ1) is 17.0. The van der Waals surface area contributed by atoms with Crippen LogP contribution in [0.2, 0.25) is 0 Å². The maximum atomic E-state index is 13.7. The Bertz CT molecular complexity index is 1470. The fourth-order valence-corrected chi connectivity index (χ4v) is 5.68. The van der Waals surface area contributed by atoms with Crippen LogP contribution in [-0.2, 0) is 29.8 Å². The minimum atomic E-state index is -1.88. The zero-order chi connectivity index (χ0) is 24.0. The van der Waals surface area contributed by atoms with Crippen molar-refractivity contribution in [3.05, 3.63) is 113 Å². The number of para-hydroxylation sites is 1. The van der Waals surface area contributed by atoms with Crippen molar-refractivity contribution in [1.29, 1.82) is 0 Å². The van der Waals surface area contributed by atoms with E-state index in [1.807, 2.05) is 78.9 Å². The van der Waals surface area contributed by atoms with Crippen molar-refractivity contribution in [3.63, 3.8) is 0 Å². The first-order valence-electron chi connectivity index (χ1n) is 12.3. The number of fused-ring (bicyclic) bond motifs is 3. The number of benzene rings is 4. The molecule has 174 valence electrons. The van der Waals surface area contributed by atoms with E-state index in [0.717, 1.165) is 35.6 Å². The summed E-state index contributed by atoms with van der Waals surface area (Å²) in [6.07, 6.45) is 4.05. The molecule has 1 aliphatic heterocycles. The average molecular weight is 462 g/mol. The van der Waals surface area contributed by atoms with Gasteiger partial charge in [-0.05, 0) is 65.3 Å². The summed E-state index contributed by atoms with van der Waals surface area (Å²) >= 11 is 0. The molecule has 35 heavy (non-hydrogen) atoms. The Morgan fingerprint density at radius 3 is 2.49 bits per heavy atom. The van der Waals surface area contributed by atoms with Crippen LogP contribution in [0.3, 0.4) is 0 Å². The van der Waals surface area contributed by atoms with Gasteiger partial charge >= 0.3 is 0 Å². The predicted molar refractivity (Wildman–Crippen MR) is 138 cm³/mol. The molecule has 0 saturated carbocycles. The largest absolute Gasteiger partial charge is 0.375 e. The van der Waals surface area contributed by atoms with Crippen LogP contribution in [0.25, 0.3) is 10.8 Å². The van der Waals surface area contributed by atoms with Crippen LogP contribution in [0.1, 0.15) is 51.9 Å². The monoisotopic (exact) mass is 461 g/mol. The molecule has 6 rings (SSSR count). The van der Waals surface area contributed by atoms with E-state index in [-0.39, 0.29) is 12.2 Å². The topological polar surface area (TPSA) is 57.6 Å². The number of aryl methyl sites for hydroxylation is 2. The molecule has 4 aromatic rings. The molecule has 0 unspecified atom stereocenters. The second-order valence-electron chi connectivity index (χ2n) is 9.70. The zero-order valence-electron chi connectivity index (χ0n) is 19.5. The van der Waals surface area contributed by atoms with Crippen LogP contribution in [0.5, 0.6) is 0 Å². The quantitative estimate of drug-likeness (QED) is 0.387. The van der Waals surface area contributed by atoms with Crippen LogP contribution >= 0.6 is 0 Å². The number of nitrogens with zero attached hydrogens (tertiary/aromatic N) is 1. The smallest absolute Gasteiger partial charge is 0.264 e. The van der Waals surface area contributed by atoms with Gasteiger partial charge < -0.3 is 10.0 Å². The molecule has 0 saturated heterocycles. The molecule has 1 heterocycles. The minimum Gasteiger partial charge on any atom is -0.375 e. The number of carbonyl (C=O) groups is 2. The van der Waals surface area contributed by atoms with E-state index in [4.69, 9.17) is 0 Å². The summed E-state index contributed by atoms with van der Waals surface area (Å²) in [5.74, 6) is -0.658. The van der Waals surface area contributed by atoms with E-state index in [1.165, 1.54) is 17.5 Å². The van der Waals surface area contributed by atoms with Crippen molar-refractivity contribution < 1.29 is 14.7 Å². The van der Waals surface area contributed by atoms with E-state index in [2.05, 4.69) is 0 Å². The van der Waals surface area contributed by atoms with Gasteiger partial charge in [0.2, 0.25) is 0 Å². The lowest BCUT2D eigenvalue weighted by atomic mass is 9.85. The number of ketones is 1. The Morgan fingerprint density at radius 2 is 1.60 bits per heavy atom. The highest BCUT2D eigenvalue weighted by atomic mass is 16.3. The molecule has 0 spiro atoms. The Balaban J connectivity index is 1.34. The number of rotatable bonds is 5. The number of anilines is 1. The highest BCUT2D eigenvalue weighted by Crippen LogP contribution is 2.44. The van der Waals surface area contributed by atoms with Crippen LogP contribution in [-0.4, -0.2) is 16.8 Å². The molecule has 0 fully saturated rings. The average Bonchev–Trinajstić information content (AvgIpc) is 3.10. The van der Waals surface area contributed by atoms with Gasteiger partial charge in [-0.1, -0.05) is 72.8 Å². The standard InChI is InChI=1S/C31H27NO3/c33-29(24-17-16-21-8-1-2-10-23(21)18-24)19-31(35)27-14-5-6-15-28(27)32(30(31)34)20-25-12-7-11-22-9-3-4-13-26(22)25/h3-7,9,11-18,35H,1-2,8,10,19-20H2/t31-/m0/s1. The first kappa shape index (κ1) is 21.8. The van der Waals surface area contributed by atoms with Crippen LogP contribution in [0.15, 0.2) is 84.9 Å². The van der Waals surface area contributed by atoms with Gasteiger partial charge in [0, 0.05) is 11.1 Å². The molecule has 0 bridgehead atoms. The summed E-state index contributed by atoms with van der Waals surface area (Å²) in [6.45, 7) is 0.326. The molecule has 1 amide bonds. The number of carbonyl (C=O) groups excluding carboxylic acids is 2. The normalized spacial score (nSPS) is 19.0. The summed E-state index contributed by atoms with van der Waals surface area (Å²) < 4.78 is 0. The lowest BCUT2D eigenvalue weighted by Gasteiger charge is -2.23. The molecule has 4 heteroatoms. The fraction of sp³-hybridized carbons (Fsp3) is 0.226. The second-order valence-corrected chi connectivity index (χ2v) is 9.70. The maximum Gasteiger partial charge on any atom is 0.264 e. The van der Waals surface area contributed by atoms with E-state index in [9.17, 15) is 14.7 Å². The fourth-order valence-electron chi connectivity index (χ4n) is 5.68. The van der Waals surface area contributed by atoms with Gasteiger partial charge in [0.25, 0.3) is 5.91 Å². The summed E-state index contributed by atoms with van der Waals surface area (Å²) in [7, 11) is 0. The SMILES string of the molecule is O=C(C[C@@]1(O)C(=O)N(Cc2cccc3ccccc23)c2ccccc21)c1ccc2c(c1)CCCC2. The molecule has 0 radical (unpaired) electrons. The number of Topliss-reactive ketones (excluding diaryl/α,β-unsaturated/α-hetero) is 1. The summed E-state index contributed by atoms with van der Waals surface area (Å²) in [6, 6.07) is 27.2. The van der Waals surface area contributed by atoms with Gasteiger partial charge in [0.05, 0.1) is 18.7 Å². The first-order valence-corrected chi connectivity index (χ1v) is 12.3. The zero-order valence-corrected chi connectivity index (χ0v) is 19.5. The Hall–Kier alpha value is -3.76. The number of hydrogen-bond acceptors (Lipinski definition) is 3. The Morgan fingerprint density at radius 1 is 0.857 bits per heavy atom. The van der Waals surface area contributed by atoms with Crippen molar-refractivity contribution >= 4 is 28.2 Å². The third kappa shape index (κ3) is 3.65. The van der Waals surface area contributed by atoms with E-state index >= 15 is 0 Å². The van der Waals surface area contributed by atoms with E-state index in [0.29, 0.717) is 23.4 Å². The third-order valence-electron chi connectivity index (χ3n) is 7.53. The van der Waals surface area contributed by atoms with Crippen molar-refractivity contribution in [1.82, 2.24) is 0 Å². The molecule has 1 atom stereocenters. The second kappa shape index (κ2) is 8.47. The molecule has 2 aliphatic rings. The third-order valence-corrected chi connectivity index (χ3v) is 7.53. The maximum absolute atomic E-state index is 13.7. The molecule has 4 aromatic carbocycles. The van der Waals surface area contributed by atoms with Gasteiger partial charge in [-0.25, -0.2) is 0 Å². The van der Waals surface area contributed by atoms with Crippen LogP contribution < -0.4 is 4.90 Å². The van der Waals surface area contributed by atoms with Crippen molar-refractivity contribution in [2.45, 2.75) is 44.2 Å². The highest BCUT2D eigenvalue weighted by Gasteiger charge is 2.50. The number of aliphatic hydroxyl groups is 1. The van der Waals surface area contributed by atoms with Crippen molar-refractivity contribution in [2.24, 2.45) is 0 Å². The summed E-state index contributed by atoms with van der Waals surface area (Å²) in [5.41, 5.74) is 3.35. The number of amides is 1. The van der Waals surface area contributed by atoms with E-state index < -0.39 is 11.5 Å². The van der Waals surface area contributed by atoms with Gasteiger partial charge in [0.1, 0.15) is 0 Å². The lowest BCUT2D eigenvalue weighted by molar-refractivity contribution is -0.136. The summed E-state index contributed by atoms with van der Waals surface area (Å²) in [4.78, 5) is 28.7. The van der Waals surface area contributed by atoms with E-state index in [1.54, 1.807) is 11.0 Å². The Labute approximate surface area is 204 Å². The van der Waals surface area contributed by atoms with Gasteiger partial charge in [0.15, 0.2) is 11.4 Å². The van der Waals surface area contributed by atoms with Crippen LogP contribution in [0.4, 0.5) is 5.69 Å². The minimum absolute atomic E-state index is 0.212. The molecule has 1 aliphatic carbocycles. The van der Waals surface area contributed by atoms with Crippen molar-refractivity contribution in [2.75, 3.05) is 4.90 Å². The molecule has 1 N–H and O–H groups in total.